The number of hydrogen-bond acceptors (Lipinski definition) is 4. The molecule has 2 N–H and O–H groups in total. The second kappa shape index (κ2) is 6.05. The van der Waals surface area contributed by atoms with E-state index in [-0.39, 0.29) is 5.91 Å². The highest BCUT2D eigenvalue weighted by molar-refractivity contribution is 6.38. The van der Waals surface area contributed by atoms with Crippen LogP contribution >= 0.6 is 0 Å². The maximum Gasteiger partial charge on any atom is 0.286 e. The van der Waals surface area contributed by atoms with E-state index in [1.54, 1.807) is 7.11 Å². The molecule has 1 aromatic rings. The first-order chi connectivity index (χ1) is 8.79. The molecule has 1 aliphatic rings. The van der Waals surface area contributed by atoms with Crippen molar-refractivity contribution in [1.29, 1.82) is 0 Å². The number of benzene rings is 1. The van der Waals surface area contributed by atoms with Crippen molar-refractivity contribution in [2.24, 2.45) is 4.99 Å². The van der Waals surface area contributed by atoms with E-state index < -0.39 is 0 Å². The standard InChI is InChI=1S/C13H17N3O2/c1-18-11-4-2-10(3-5-11)6-7-16-13(17)12-14-8-9-15-12/h2-5H,6-9H2,1H3,(H,14,15)(H,16,17). The minimum absolute atomic E-state index is 0.124. The maximum absolute atomic E-state index is 11.6. The number of carbonyl (C=O) groups is 1. The van der Waals surface area contributed by atoms with Crippen LogP contribution in [-0.2, 0) is 11.2 Å². The van der Waals surface area contributed by atoms with Crippen molar-refractivity contribution < 1.29 is 9.53 Å². The second-order valence-corrected chi connectivity index (χ2v) is 4.01. The van der Waals surface area contributed by atoms with Gasteiger partial charge in [0.15, 0.2) is 5.84 Å². The van der Waals surface area contributed by atoms with Gasteiger partial charge in [0.25, 0.3) is 5.91 Å². The number of hydrogen-bond donors (Lipinski definition) is 2. The molecule has 18 heavy (non-hydrogen) atoms. The Morgan fingerprint density at radius 1 is 1.44 bits per heavy atom. The van der Waals surface area contributed by atoms with Gasteiger partial charge in [-0.15, -0.1) is 0 Å². The van der Waals surface area contributed by atoms with Crippen molar-refractivity contribution in [2.75, 3.05) is 26.7 Å². The third-order valence-electron chi connectivity index (χ3n) is 2.75. The number of amides is 1. The highest BCUT2D eigenvalue weighted by atomic mass is 16.5. The second-order valence-electron chi connectivity index (χ2n) is 4.01. The van der Waals surface area contributed by atoms with Gasteiger partial charge in [-0.2, -0.15) is 0 Å². The smallest absolute Gasteiger partial charge is 0.286 e. The number of aliphatic imine (C=N–C) groups is 1. The van der Waals surface area contributed by atoms with Gasteiger partial charge in [-0.1, -0.05) is 12.1 Å². The highest BCUT2D eigenvalue weighted by Gasteiger charge is 2.13. The highest BCUT2D eigenvalue weighted by Crippen LogP contribution is 2.11. The number of ether oxygens (including phenoxy) is 1. The van der Waals surface area contributed by atoms with E-state index in [2.05, 4.69) is 15.6 Å². The fourth-order valence-electron chi connectivity index (χ4n) is 1.75. The number of nitrogens with one attached hydrogen (secondary N) is 2. The van der Waals surface area contributed by atoms with E-state index in [0.29, 0.717) is 18.9 Å². The molecule has 1 amide bonds. The molecule has 1 aliphatic heterocycles. The molecule has 1 aromatic carbocycles. The van der Waals surface area contributed by atoms with Crippen LogP contribution in [0.15, 0.2) is 29.3 Å². The molecule has 5 nitrogen and oxygen atoms in total. The third kappa shape index (κ3) is 3.23. The molecule has 0 atom stereocenters. The van der Waals surface area contributed by atoms with Crippen LogP contribution in [0.5, 0.6) is 5.75 Å². The van der Waals surface area contributed by atoms with Crippen LogP contribution in [0.1, 0.15) is 5.56 Å². The van der Waals surface area contributed by atoms with Gasteiger partial charge >= 0.3 is 0 Å². The minimum Gasteiger partial charge on any atom is -0.497 e. The average molecular weight is 247 g/mol. The number of nitrogens with zero attached hydrogens (tertiary/aromatic N) is 1. The molecule has 96 valence electrons. The van der Waals surface area contributed by atoms with Crippen LogP contribution in [0.2, 0.25) is 0 Å². The molecule has 1 heterocycles. The van der Waals surface area contributed by atoms with Gasteiger partial charge in [0, 0.05) is 13.1 Å². The van der Waals surface area contributed by atoms with Gasteiger partial charge in [0.2, 0.25) is 0 Å². The first kappa shape index (κ1) is 12.4. The summed E-state index contributed by atoms with van der Waals surface area (Å²) in [6.45, 7) is 2.04. The fourth-order valence-corrected chi connectivity index (χ4v) is 1.75. The van der Waals surface area contributed by atoms with Crippen molar-refractivity contribution >= 4 is 11.7 Å². The summed E-state index contributed by atoms with van der Waals surface area (Å²) in [7, 11) is 1.64. The number of methoxy groups -OCH3 is 1. The topological polar surface area (TPSA) is 62.7 Å². The van der Waals surface area contributed by atoms with Gasteiger partial charge in [0.05, 0.1) is 13.7 Å². The van der Waals surface area contributed by atoms with Gasteiger partial charge in [-0.3, -0.25) is 9.79 Å². The Balaban J connectivity index is 1.75. The van der Waals surface area contributed by atoms with Gasteiger partial charge in [-0.25, -0.2) is 0 Å². The van der Waals surface area contributed by atoms with Gasteiger partial charge in [0.1, 0.15) is 5.75 Å². The molecular weight excluding hydrogens is 230 g/mol. The number of rotatable bonds is 5. The summed E-state index contributed by atoms with van der Waals surface area (Å²) in [6.07, 6.45) is 0.795. The predicted molar refractivity (Wildman–Crippen MR) is 70.0 cm³/mol. The Hall–Kier alpha value is -2.04. The van der Waals surface area contributed by atoms with Gasteiger partial charge in [-0.05, 0) is 24.1 Å². The van der Waals surface area contributed by atoms with E-state index in [1.165, 1.54) is 0 Å². The zero-order chi connectivity index (χ0) is 12.8. The quantitative estimate of drug-likeness (QED) is 0.789. The summed E-state index contributed by atoms with van der Waals surface area (Å²) >= 11 is 0. The van der Waals surface area contributed by atoms with Crippen molar-refractivity contribution in [2.45, 2.75) is 6.42 Å². The number of amidine groups is 1. The van der Waals surface area contributed by atoms with Crippen molar-refractivity contribution in [3.63, 3.8) is 0 Å². The first-order valence-corrected chi connectivity index (χ1v) is 5.99. The van der Waals surface area contributed by atoms with Crippen molar-refractivity contribution in [3.05, 3.63) is 29.8 Å². The van der Waals surface area contributed by atoms with Crippen LogP contribution in [0.4, 0.5) is 0 Å². The largest absolute Gasteiger partial charge is 0.497 e. The Labute approximate surface area is 106 Å². The van der Waals surface area contributed by atoms with E-state index in [4.69, 9.17) is 4.74 Å². The average Bonchev–Trinajstić information content (AvgIpc) is 2.93. The summed E-state index contributed by atoms with van der Waals surface area (Å²) in [5, 5.41) is 5.78. The number of carbonyl (C=O) groups excluding carboxylic acids is 1. The third-order valence-corrected chi connectivity index (χ3v) is 2.75. The lowest BCUT2D eigenvalue weighted by Gasteiger charge is -2.06. The van der Waals surface area contributed by atoms with Crippen molar-refractivity contribution in [3.8, 4) is 5.75 Å². The molecule has 0 saturated heterocycles. The molecule has 0 aliphatic carbocycles. The molecule has 0 radical (unpaired) electrons. The Morgan fingerprint density at radius 3 is 2.83 bits per heavy atom. The minimum atomic E-state index is -0.124. The molecular formula is C13H17N3O2. The maximum atomic E-state index is 11.6. The lowest BCUT2D eigenvalue weighted by molar-refractivity contribution is -0.114. The first-order valence-electron chi connectivity index (χ1n) is 5.99. The molecule has 0 saturated carbocycles. The van der Waals surface area contributed by atoms with Crippen LogP contribution in [-0.4, -0.2) is 38.5 Å². The SMILES string of the molecule is COc1ccc(CCNC(=O)C2=NCCN2)cc1. The Morgan fingerprint density at radius 2 is 2.22 bits per heavy atom. The Bertz CT molecular complexity index is 440. The lowest BCUT2D eigenvalue weighted by atomic mass is 10.1. The van der Waals surface area contributed by atoms with Gasteiger partial charge < -0.3 is 15.4 Å². The van der Waals surface area contributed by atoms with Crippen LogP contribution in [0, 0.1) is 0 Å². The summed E-state index contributed by atoms with van der Waals surface area (Å²) < 4.78 is 5.09. The zero-order valence-electron chi connectivity index (χ0n) is 10.4. The summed E-state index contributed by atoms with van der Waals surface area (Å²) in [6, 6.07) is 7.83. The molecule has 0 fully saturated rings. The predicted octanol–water partition coefficient (Wildman–Crippen LogP) is 0.356. The van der Waals surface area contributed by atoms with Crippen LogP contribution in [0.3, 0.4) is 0 Å². The monoisotopic (exact) mass is 247 g/mol. The van der Waals surface area contributed by atoms with E-state index >= 15 is 0 Å². The fraction of sp³-hybridized carbons (Fsp3) is 0.385. The van der Waals surface area contributed by atoms with E-state index in [9.17, 15) is 4.79 Å². The molecule has 0 aromatic heterocycles. The molecule has 2 rings (SSSR count). The molecule has 0 bridgehead atoms. The Kier molecular flexibility index (Phi) is 4.17. The van der Waals surface area contributed by atoms with Crippen LogP contribution < -0.4 is 15.4 Å². The molecule has 0 spiro atoms. The lowest BCUT2D eigenvalue weighted by Crippen LogP contribution is -2.38. The summed E-state index contributed by atoms with van der Waals surface area (Å²) in [5.74, 6) is 1.16. The molecule has 0 unspecified atom stereocenters. The summed E-state index contributed by atoms with van der Waals surface area (Å²) in [5.41, 5.74) is 1.16. The summed E-state index contributed by atoms with van der Waals surface area (Å²) in [4.78, 5) is 15.7. The van der Waals surface area contributed by atoms with Crippen LogP contribution in [0.25, 0.3) is 0 Å². The normalized spacial score (nSPS) is 13.7. The zero-order valence-corrected chi connectivity index (χ0v) is 10.4. The van der Waals surface area contributed by atoms with E-state index in [0.717, 1.165) is 24.3 Å². The molecule has 5 heteroatoms. The van der Waals surface area contributed by atoms with E-state index in [1.807, 2.05) is 24.3 Å². The van der Waals surface area contributed by atoms with Crippen molar-refractivity contribution in [1.82, 2.24) is 10.6 Å².